The summed E-state index contributed by atoms with van der Waals surface area (Å²) in [5, 5.41) is 12.3. The Bertz CT molecular complexity index is 265. The smallest absolute Gasteiger partial charge is 0.321 e. The molecular formula is C11H20N2O2S. The summed E-state index contributed by atoms with van der Waals surface area (Å²) in [5.41, 5.74) is 0. The summed E-state index contributed by atoms with van der Waals surface area (Å²) < 4.78 is 0. The Morgan fingerprint density at radius 2 is 2.25 bits per heavy atom. The zero-order valence-corrected chi connectivity index (χ0v) is 10.6. The fraction of sp³-hybridized carbons (Fsp3) is 0.909. The van der Waals surface area contributed by atoms with Gasteiger partial charge in [0, 0.05) is 18.8 Å². The number of hydrogen-bond acceptors (Lipinski definition) is 4. The molecule has 5 heteroatoms. The molecule has 0 aromatic heterocycles. The summed E-state index contributed by atoms with van der Waals surface area (Å²) >= 11 is 1.80. The van der Waals surface area contributed by atoms with Gasteiger partial charge < -0.3 is 10.0 Å². The summed E-state index contributed by atoms with van der Waals surface area (Å²) in [6, 6.07) is -0.345. The topological polar surface area (TPSA) is 52.6 Å². The molecule has 1 atom stereocenters. The summed E-state index contributed by atoms with van der Waals surface area (Å²) in [7, 11) is 0. The van der Waals surface area contributed by atoms with Crippen molar-refractivity contribution in [3.8, 4) is 0 Å². The molecule has 0 unspecified atom stereocenters. The molecule has 0 saturated carbocycles. The Balaban J connectivity index is 1.86. The highest BCUT2D eigenvalue weighted by Gasteiger charge is 2.43. The third-order valence-corrected chi connectivity index (χ3v) is 5.04. The van der Waals surface area contributed by atoms with Gasteiger partial charge in [0.25, 0.3) is 0 Å². The zero-order chi connectivity index (χ0) is 11.6. The maximum atomic E-state index is 10.9. The van der Waals surface area contributed by atoms with Crippen molar-refractivity contribution in [1.29, 1.82) is 0 Å². The van der Waals surface area contributed by atoms with Crippen LogP contribution in [0.2, 0.25) is 0 Å². The molecule has 0 aliphatic carbocycles. The van der Waals surface area contributed by atoms with Crippen molar-refractivity contribution in [3.05, 3.63) is 0 Å². The molecule has 2 saturated heterocycles. The lowest BCUT2D eigenvalue weighted by Crippen LogP contribution is -2.51. The van der Waals surface area contributed by atoms with E-state index in [1.54, 1.807) is 11.8 Å². The SMILES string of the molecule is CCCN1CCC2(CC1)N[C@H](C(=O)O)CS2. The van der Waals surface area contributed by atoms with Gasteiger partial charge >= 0.3 is 5.97 Å². The molecule has 2 aliphatic rings. The van der Waals surface area contributed by atoms with Crippen LogP contribution < -0.4 is 5.32 Å². The molecule has 92 valence electrons. The number of carboxylic acids is 1. The first kappa shape index (κ1) is 12.2. The van der Waals surface area contributed by atoms with Crippen molar-refractivity contribution in [2.75, 3.05) is 25.4 Å². The van der Waals surface area contributed by atoms with Crippen LogP contribution in [0.15, 0.2) is 0 Å². The molecule has 16 heavy (non-hydrogen) atoms. The normalized spacial score (nSPS) is 29.7. The van der Waals surface area contributed by atoms with Crippen LogP contribution in [0.5, 0.6) is 0 Å². The van der Waals surface area contributed by atoms with Crippen molar-refractivity contribution < 1.29 is 9.90 Å². The zero-order valence-electron chi connectivity index (χ0n) is 9.74. The van der Waals surface area contributed by atoms with Gasteiger partial charge in [0.15, 0.2) is 0 Å². The van der Waals surface area contributed by atoms with Crippen LogP contribution in [0.4, 0.5) is 0 Å². The molecule has 2 rings (SSSR count). The van der Waals surface area contributed by atoms with Crippen LogP contribution in [0.25, 0.3) is 0 Å². The summed E-state index contributed by atoms with van der Waals surface area (Å²) in [5.74, 6) is 0.00342. The number of likely N-dealkylation sites (tertiary alicyclic amines) is 1. The van der Waals surface area contributed by atoms with Gasteiger partial charge in [0.05, 0.1) is 4.87 Å². The van der Waals surface area contributed by atoms with Crippen LogP contribution in [0, 0.1) is 0 Å². The highest BCUT2D eigenvalue weighted by Crippen LogP contribution is 2.39. The Morgan fingerprint density at radius 1 is 1.56 bits per heavy atom. The van der Waals surface area contributed by atoms with E-state index in [2.05, 4.69) is 17.1 Å². The first-order chi connectivity index (χ1) is 7.65. The Labute approximate surface area is 101 Å². The molecule has 0 aromatic rings. The van der Waals surface area contributed by atoms with E-state index in [4.69, 9.17) is 5.11 Å². The summed E-state index contributed by atoms with van der Waals surface area (Å²) in [4.78, 5) is 13.4. The molecule has 0 bridgehead atoms. The van der Waals surface area contributed by atoms with Gasteiger partial charge in [-0.15, -0.1) is 11.8 Å². The fourth-order valence-electron chi connectivity index (χ4n) is 2.52. The highest BCUT2D eigenvalue weighted by atomic mass is 32.2. The number of nitrogens with one attached hydrogen (secondary N) is 1. The second-order valence-electron chi connectivity index (χ2n) is 4.68. The van der Waals surface area contributed by atoms with Crippen LogP contribution in [-0.2, 0) is 4.79 Å². The van der Waals surface area contributed by atoms with Gasteiger partial charge in [-0.05, 0) is 25.8 Å². The fourth-order valence-corrected chi connectivity index (χ4v) is 3.93. The van der Waals surface area contributed by atoms with Gasteiger partial charge in [-0.25, -0.2) is 0 Å². The average Bonchev–Trinajstić information content (AvgIpc) is 2.67. The van der Waals surface area contributed by atoms with Crippen LogP contribution in [-0.4, -0.2) is 52.3 Å². The molecule has 0 radical (unpaired) electrons. The van der Waals surface area contributed by atoms with Crippen LogP contribution in [0.3, 0.4) is 0 Å². The van der Waals surface area contributed by atoms with Gasteiger partial charge in [-0.3, -0.25) is 10.1 Å². The molecule has 2 heterocycles. The molecular weight excluding hydrogens is 224 g/mol. The monoisotopic (exact) mass is 244 g/mol. The van der Waals surface area contributed by atoms with E-state index in [-0.39, 0.29) is 10.9 Å². The molecule has 0 amide bonds. The maximum absolute atomic E-state index is 10.9. The van der Waals surface area contributed by atoms with Crippen molar-refractivity contribution in [2.45, 2.75) is 37.1 Å². The van der Waals surface area contributed by atoms with E-state index in [1.165, 1.54) is 13.0 Å². The molecule has 2 N–H and O–H groups in total. The van der Waals surface area contributed by atoms with E-state index in [1.807, 2.05) is 0 Å². The molecule has 0 aromatic carbocycles. The van der Waals surface area contributed by atoms with Gasteiger partial charge in [-0.2, -0.15) is 0 Å². The van der Waals surface area contributed by atoms with E-state index in [0.717, 1.165) is 25.9 Å². The van der Waals surface area contributed by atoms with E-state index in [9.17, 15) is 4.79 Å². The minimum atomic E-state index is -0.708. The quantitative estimate of drug-likeness (QED) is 0.775. The van der Waals surface area contributed by atoms with Crippen molar-refractivity contribution >= 4 is 17.7 Å². The van der Waals surface area contributed by atoms with E-state index in [0.29, 0.717) is 5.75 Å². The number of carbonyl (C=O) groups is 1. The number of rotatable bonds is 3. The molecule has 2 fully saturated rings. The maximum Gasteiger partial charge on any atom is 0.321 e. The molecule has 2 aliphatic heterocycles. The van der Waals surface area contributed by atoms with E-state index < -0.39 is 5.97 Å². The Morgan fingerprint density at radius 3 is 2.75 bits per heavy atom. The van der Waals surface area contributed by atoms with Crippen LogP contribution >= 0.6 is 11.8 Å². The summed E-state index contributed by atoms with van der Waals surface area (Å²) in [6.07, 6.45) is 3.34. The Kier molecular flexibility index (Phi) is 3.77. The first-order valence-electron chi connectivity index (χ1n) is 6.02. The second kappa shape index (κ2) is 4.94. The number of piperidine rings is 1. The lowest BCUT2D eigenvalue weighted by atomic mass is 10.0. The first-order valence-corrected chi connectivity index (χ1v) is 7.00. The van der Waals surface area contributed by atoms with E-state index >= 15 is 0 Å². The Hall–Kier alpha value is -0.260. The minimum absolute atomic E-state index is 0.0489. The minimum Gasteiger partial charge on any atom is -0.480 e. The summed E-state index contributed by atoms with van der Waals surface area (Å²) in [6.45, 7) is 5.57. The largest absolute Gasteiger partial charge is 0.480 e. The third kappa shape index (κ3) is 2.52. The standard InChI is InChI=1S/C11H20N2O2S/c1-2-5-13-6-3-11(4-7-13)12-9(8-16-11)10(14)15/h9,12H,2-8H2,1H3,(H,14,15)/t9-/m0/s1. The van der Waals surface area contributed by atoms with Crippen LogP contribution in [0.1, 0.15) is 26.2 Å². The number of hydrogen-bond donors (Lipinski definition) is 2. The third-order valence-electron chi connectivity index (χ3n) is 3.47. The lowest BCUT2D eigenvalue weighted by molar-refractivity contribution is -0.139. The van der Waals surface area contributed by atoms with Crippen molar-refractivity contribution in [3.63, 3.8) is 0 Å². The van der Waals surface area contributed by atoms with Crippen molar-refractivity contribution in [2.24, 2.45) is 0 Å². The van der Waals surface area contributed by atoms with Crippen molar-refractivity contribution in [1.82, 2.24) is 10.2 Å². The number of aliphatic carboxylic acids is 1. The predicted octanol–water partition coefficient (Wildman–Crippen LogP) is 0.978. The molecule has 4 nitrogen and oxygen atoms in total. The number of thioether (sulfide) groups is 1. The predicted molar refractivity (Wildman–Crippen MR) is 65.7 cm³/mol. The highest BCUT2D eigenvalue weighted by molar-refractivity contribution is 8.01. The average molecular weight is 244 g/mol. The van der Waals surface area contributed by atoms with Gasteiger partial charge in [-0.1, -0.05) is 6.92 Å². The molecule has 1 spiro atoms. The lowest BCUT2D eigenvalue weighted by Gasteiger charge is -2.39. The van der Waals surface area contributed by atoms with Gasteiger partial charge in [0.1, 0.15) is 6.04 Å². The van der Waals surface area contributed by atoms with Gasteiger partial charge in [0.2, 0.25) is 0 Å². The number of nitrogens with zero attached hydrogens (tertiary/aromatic N) is 1. The second-order valence-corrected chi connectivity index (χ2v) is 6.09. The number of carboxylic acid groups (broad SMARTS) is 1.